The molecule has 0 fully saturated rings. The number of para-hydroxylation sites is 1. The molecule has 0 radical (unpaired) electrons. The Morgan fingerprint density at radius 3 is 2.55 bits per heavy atom. The number of nitrogens with zero attached hydrogens (tertiary/aromatic N) is 4. The van der Waals surface area contributed by atoms with E-state index in [0.29, 0.717) is 5.71 Å². The van der Waals surface area contributed by atoms with Crippen molar-refractivity contribution in [2.75, 3.05) is 0 Å². The summed E-state index contributed by atoms with van der Waals surface area (Å²) in [4.78, 5) is 4.89. The van der Waals surface area contributed by atoms with Crippen LogP contribution in [0.3, 0.4) is 0 Å². The smallest absolute Gasteiger partial charge is 0.249 e. The van der Waals surface area contributed by atoms with Gasteiger partial charge in [-0.25, -0.2) is 4.98 Å². The molecule has 0 unspecified atom stereocenters. The van der Waals surface area contributed by atoms with Crippen LogP contribution in [0.4, 0.5) is 0 Å². The topological polar surface area (TPSA) is 48.3 Å². The number of furan rings is 1. The van der Waals surface area contributed by atoms with Gasteiger partial charge in [-0.3, -0.25) is 0 Å². The molecule has 4 aromatic carbocycles. The maximum Gasteiger partial charge on any atom is 0.249 e. The minimum atomic E-state index is 0.665. The van der Waals surface area contributed by atoms with Crippen LogP contribution >= 0.6 is 0 Å². The Balaban J connectivity index is 1.63. The average Bonchev–Trinajstić information content (AvgIpc) is 3.52. The predicted octanol–water partition coefficient (Wildman–Crippen LogP) is 6.88. The van der Waals surface area contributed by atoms with Gasteiger partial charge in [-0.2, -0.15) is 9.61 Å². The van der Waals surface area contributed by atoms with Crippen LogP contribution in [0, 0.1) is 0 Å². The first-order chi connectivity index (χ1) is 16.4. The lowest BCUT2D eigenvalue weighted by Gasteiger charge is -2.11. The molecule has 0 amide bonds. The van der Waals surface area contributed by atoms with Gasteiger partial charge in [-0.1, -0.05) is 60.7 Å². The van der Waals surface area contributed by atoms with Crippen LogP contribution in [-0.4, -0.2) is 19.2 Å². The highest BCUT2D eigenvalue weighted by molar-refractivity contribution is 6.20. The third-order valence-electron chi connectivity index (χ3n) is 6.60. The summed E-state index contributed by atoms with van der Waals surface area (Å²) >= 11 is 0. The summed E-state index contributed by atoms with van der Waals surface area (Å²) < 4.78 is 10.4. The molecule has 8 aromatic rings. The second kappa shape index (κ2) is 5.99. The Bertz CT molecular complexity index is 2040. The van der Waals surface area contributed by atoms with Crippen molar-refractivity contribution in [1.29, 1.82) is 0 Å². The molecular formula is C28H16N4O. The molecule has 0 aliphatic carbocycles. The number of aromatic nitrogens is 4. The van der Waals surface area contributed by atoms with Gasteiger partial charge >= 0.3 is 0 Å². The standard InChI is InChI=1S/C28H16N4O/c1-2-8-18-17(7-1)14-15-20-19-9-3-4-10-21(19)31(27(18)20)22-11-5-12-23-25(22)26-28(33-23)32-24(30-26)13-6-16-29-32/h1-16H. The number of imidazole rings is 1. The van der Waals surface area contributed by atoms with E-state index in [-0.39, 0.29) is 0 Å². The summed E-state index contributed by atoms with van der Waals surface area (Å²) in [5.74, 6) is 0. The van der Waals surface area contributed by atoms with Crippen molar-refractivity contribution >= 4 is 60.4 Å². The predicted molar refractivity (Wildman–Crippen MR) is 132 cm³/mol. The molecule has 0 bridgehead atoms. The van der Waals surface area contributed by atoms with Gasteiger partial charge < -0.3 is 8.98 Å². The highest BCUT2D eigenvalue weighted by Gasteiger charge is 2.21. The lowest BCUT2D eigenvalue weighted by atomic mass is 10.1. The molecule has 5 heteroatoms. The zero-order chi connectivity index (χ0) is 21.5. The molecule has 0 aliphatic heterocycles. The van der Waals surface area contributed by atoms with Crippen molar-refractivity contribution < 1.29 is 4.42 Å². The van der Waals surface area contributed by atoms with Gasteiger partial charge in [0.25, 0.3) is 0 Å². The summed E-state index contributed by atoms with van der Waals surface area (Å²) in [6.45, 7) is 0. The molecule has 8 rings (SSSR count). The van der Waals surface area contributed by atoms with Crippen molar-refractivity contribution in [3.63, 3.8) is 0 Å². The van der Waals surface area contributed by atoms with E-state index in [4.69, 9.17) is 9.40 Å². The van der Waals surface area contributed by atoms with Crippen LogP contribution in [0.25, 0.3) is 66.1 Å². The number of hydrogen-bond donors (Lipinski definition) is 0. The second-order valence-corrected chi connectivity index (χ2v) is 8.35. The van der Waals surface area contributed by atoms with Gasteiger partial charge in [0.1, 0.15) is 11.1 Å². The van der Waals surface area contributed by atoms with Crippen LogP contribution in [0.1, 0.15) is 0 Å². The van der Waals surface area contributed by atoms with Crippen LogP contribution < -0.4 is 0 Å². The molecule has 4 heterocycles. The van der Waals surface area contributed by atoms with Gasteiger partial charge in [-0.15, -0.1) is 0 Å². The summed E-state index contributed by atoms with van der Waals surface area (Å²) in [5.41, 5.74) is 6.47. The van der Waals surface area contributed by atoms with Crippen molar-refractivity contribution in [3.05, 3.63) is 97.2 Å². The normalized spacial score (nSPS) is 12.2. The summed E-state index contributed by atoms with van der Waals surface area (Å²) in [6.07, 6.45) is 1.75. The van der Waals surface area contributed by atoms with Gasteiger partial charge in [0.2, 0.25) is 5.71 Å². The van der Waals surface area contributed by atoms with Crippen molar-refractivity contribution in [1.82, 2.24) is 19.2 Å². The van der Waals surface area contributed by atoms with Crippen molar-refractivity contribution in [2.24, 2.45) is 0 Å². The van der Waals surface area contributed by atoms with Crippen molar-refractivity contribution in [3.8, 4) is 5.69 Å². The van der Waals surface area contributed by atoms with E-state index in [1.165, 1.54) is 27.1 Å². The lowest BCUT2D eigenvalue weighted by Crippen LogP contribution is -1.95. The SMILES string of the molecule is c1ccc2c(c1)ccc1c3ccccc3n(-c3cccc4oc5c(nc6cccnn65)c34)c21. The number of benzene rings is 4. The fraction of sp³-hybridized carbons (Fsp3) is 0. The Kier molecular flexibility index (Phi) is 3.08. The second-order valence-electron chi connectivity index (χ2n) is 8.35. The summed E-state index contributed by atoms with van der Waals surface area (Å²) in [7, 11) is 0. The van der Waals surface area contributed by atoms with Gasteiger partial charge in [0.15, 0.2) is 5.65 Å². The minimum Gasteiger partial charge on any atom is -0.436 e. The lowest BCUT2D eigenvalue weighted by molar-refractivity contribution is 0.637. The van der Waals surface area contributed by atoms with Gasteiger partial charge in [-0.05, 0) is 35.7 Å². The van der Waals surface area contributed by atoms with Crippen molar-refractivity contribution in [2.45, 2.75) is 0 Å². The average molecular weight is 424 g/mol. The van der Waals surface area contributed by atoms with Crippen LogP contribution in [-0.2, 0) is 0 Å². The highest BCUT2D eigenvalue weighted by Crippen LogP contribution is 2.40. The Labute approximate surface area is 187 Å². The molecular weight excluding hydrogens is 408 g/mol. The zero-order valence-electron chi connectivity index (χ0n) is 17.4. The van der Waals surface area contributed by atoms with E-state index in [0.717, 1.165) is 33.3 Å². The third-order valence-corrected chi connectivity index (χ3v) is 6.60. The van der Waals surface area contributed by atoms with Gasteiger partial charge in [0, 0.05) is 22.4 Å². The van der Waals surface area contributed by atoms with E-state index < -0.39 is 0 Å². The van der Waals surface area contributed by atoms with E-state index in [1.807, 2.05) is 24.3 Å². The Hall–Kier alpha value is -4.64. The number of fused-ring (bicyclic) bond motifs is 10. The fourth-order valence-corrected chi connectivity index (χ4v) is 5.24. The molecule has 0 saturated heterocycles. The van der Waals surface area contributed by atoms with Crippen LogP contribution in [0.5, 0.6) is 0 Å². The number of hydrogen-bond acceptors (Lipinski definition) is 3. The Morgan fingerprint density at radius 1 is 0.697 bits per heavy atom. The first-order valence-electron chi connectivity index (χ1n) is 10.9. The third kappa shape index (κ3) is 2.11. The van der Waals surface area contributed by atoms with E-state index in [1.54, 1.807) is 10.7 Å². The maximum atomic E-state index is 6.28. The summed E-state index contributed by atoms with van der Waals surface area (Å²) in [5, 5.41) is 10.3. The first-order valence-corrected chi connectivity index (χ1v) is 10.9. The number of rotatable bonds is 1. The molecule has 0 atom stereocenters. The largest absolute Gasteiger partial charge is 0.436 e. The zero-order valence-corrected chi connectivity index (χ0v) is 17.4. The molecule has 0 saturated carbocycles. The van der Waals surface area contributed by atoms with E-state index in [2.05, 4.69) is 76.4 Å². The molecule has 0 N–H and O–H groups in total. The van der Waals surface area contributed by atoms with Crippen LogP contribution in [0.2, 0.25) is 0 Å². The molecule has 0 aliphatic rings. The highest BCUT2D eigenvalue weighted by atomic mass is 16.3. The molecule has 4 aromatic heterocycles. The molecule has 33 heavy (non-hydrogen) atoms. The molecule has 5 nitrogen and oxygen atoms in total. The summed E-state index contributed by atoms with van der Waals surface area (Å²) in [6, 6.07) is 31.6. The van der Waals surface area contributed by atoms with Gasteiger partial charge in [0.05, 0.1) is 22.1 Å². The van der Waals surface area contributed by atoms with E-state index >= 15 is 0 Å². The fourth-order valence-electron chi connectivity index (χ4n) is 5.24. The molecule has 154 valence electrons. The first kappa shape index (κ1) is 17.0. The Morgan fingerprint density at radius 2 is 1.58 bits per heavy atom. The maximum absolute atomic E-state index is 6.28. The quantitative estimate of drug-likeness (QED) is 0.289. The minimum absolute atomic E-state index is 0.665. The van der Waals surface area contributed by atoms with Crippen LogP contribution in [0.15, 0.2) is 102 Å². The monoisotopic (exact) mass is 424 g/mol. The molecule has 0 spiro atoms. The van der Waals surface area contributed by atoms with E-state index in [9.17, 15) is 0 Å².